The summed E-state index contributed by atoms with van der Waals surface area (Å²) in [6.07, 6.45) is 6.57. The summed E-state index contributed by atoms with van der Waals surface area (Å²) in [5, 5.41) is 6.83. The van der Waals surface area contributed by atoms with Gasteiger partial charge in [0.25, 0.3) is 0 Å². The second-order valence-corrected chi connectivity index (χ2v) is 7.67. The molecule has 7 nitrogen and oxygen atoms in total. The van der Waals surface area contributed by atoms with Crippen LogP contribution < -0.4 is 4.74 Å². The molecular weight excluding hydrogens is 375 g/mol. The molecule has 1 unspecified atom stereocenters. The smallest absolute Gasteiger partial charge is 0.248 e. The van der Waals surface area contributed by atoms with Crippen LogP contribution in [0.25, 0.3) is 0 Å². The van der Waals surface area contributed by atoms with Crippen LogP contribution in [0.4, 0.5) is 4.39 Å². The molecule has 156 valence electrons. The van der Waals surface area contributed by atoms with Crippen LogP contribution in [0.3, 0.4) is 0 Å². The van der Waals surface area contributed by atoms with Crippen LogP contribution in [0, 0.1) is 5.82 Å². The van der Waals surface area contributed by atoms with E-state index in [1.54, 1.807) is 12.1 Å². The van der Waals surface area contributed by atoms with E-state index in [1.807, 2.05) is 17.3 Å². The van der Waals surface area contributed by atoms with Crippen LogP contribution in [0.1, 0.15) is 18.4 Å². The van der Waals surface area contributed by atoms with Crippen LogP contribution in [-0.2, 0) is 16.0 Å². The van der Waals surface area contributed by atoms with Crippen LogP contribution >= 0.6 is 0 Å². The standard InChI is InChI=1S/C21H27FN4O3/c22-17-1-3-19(4-2-17)28-14-20-13-26(21(27)15-29-20)18-6-9-25(10-7-18)8-5-16-11-23-24-12-16/h1-4,11-12,18,20H,5-10,13-15H2,(H,23,24). The maximum atomic E-state index is 13.0. The molecule has 1 aromatic heterocycles. The lowest BCUT2D eigenvalue weighted by Gasteiger charge is -2.42. The lowest BCUT2D eigenvalue weighted by atomic mass is 10.0. The third-order valence-electron chi connectivity index (χ3n) is 5.68. The van der Waals surface area contributed by atoms with Crippen molar-refractivity contribution in [2.75, 3.05) is 39.4 Å². The zero-order valence-electron chi connectivity index (χ0n) is 16.4. The van der Waals surface area contributed by atoms with Gasteiger partial charge in [-0.2, -0.15) is 5.10 Å². The van der Waals surface area contributed by atoms with E-state index in [-0.39, 0.29) is 30.5 Å². The van der Waals surface area contributed by atoms with E-state index in [2.05, 4.69) is 15.1 Å². The SMILES string of the molecule is O=C1COC(COc2ccc(F)cc2)CN1C1CCN(CCc2cn[nH]c2)CC1. The van der Waals surface area contributed by atoms with Gasteiger partial charge in [-0.05, 0) is 49.1 Å². The molecule has 4 rings (SSSR count). The lowest BCUT2D eigenvalue weighted by molar-refractivity contribution is -0.155. The van der Waals surface area contributed by atoms with Crippen molar-refractivity contribution in [1.29, 1.82) is 0 Å². The highest BCUT2D eigenvalue weighted by atomic mass is 19.1. The van der Waals surface area contributed by atoms with Gasteiger partial charge in [-0.1, -0.05) is 0 Å². The highest BCUT2D eigenvalue weighted by Crippen LogP contribution is 2.21. The monoisotopic (exact) mass is 402 g/mol. The Balaban J connectivity index is 1.23. The van der Waals surface area contributed by atoms with Crippen molar-refractivity contribution < 1.29 is 18.7 Å². The van der Waals surface area contributed by atoms with Crippen molar-refractivity contribution in [1.82, 2.24) is 20.0 Å². The Morgan fingerprint density at radius 2 is 2.03 bits per heavy atom. The van der Waals surface area contributed by atoms with Gasteiger partial charge in [-0.25, -0.2) is 4.39 Å². The highest BCUT2D eigenvalue weighted by molar-refractivity contribution is 5.78. The van der Waals surface area contributed by atoms with Crippen molar-refractivity contribution in [2.24, 2.45) is 0 Å². The number of likely N-dealkylation sites (tertiary alicyclic amines) is 1. The van der Waals surface area contributed by atoms with E-state index < -0.39 is 0 Å². The molecule has 8 heteroatoms. The Morgan fingerprint density at radius 1 is 1.24 bits per heavy atom. The Morgan fingerprint density at radius 3 is 2.76 bits per heavy atom. The van der Waals surface area contributed by atoms with Crippen LogP contribution in [0.2, 0.25) is 0 Å². The van der Waals surface area contributed by atoms with Gasteiger partial charge in [-0.3, -0.25) is 9.89 Å². The first-order valence-electron chi connectivity index (χ1n) is 10.2. The maximum absolute atomic E-state index is 13.0. The van der Waals surface area contributed by atoms with Gasteiger partial charge >= 0.3 is 0 Å². The first-order chi connectivity index (χ1) is 14.2. The molecule has 0 aliphatic carbocycles. The number of rotatable bonds is 7. The van der Waals surface area contributed by atoms with Gasteiger partial charge in [0.15, 0.2) is 0 Å². The predicted molar refractivity (Wildman–Crippen MR) is 105 cm³/mol. The number of carbonyl (C=O) groups excluding carboxylic acids is 1. The topological polar surface area (TPSA) is 70.7 Å². The second kappa shape index (κ2) is 9.37. The summed E-state index contributed by atoms with van der Waals surface area (Å²) in [7, 11) is 0. The average molecular weight is 402 g/mol. The minimum absolute atomic E-state index is 0.0554. The average Bonchev–Trinajstić information content (AvgIpc) is 3.27. The number of hydrogen-bond donors (Lipinski definition) is 1. The number of amides is 1. The van der Waals surface area contributed by atoms with E-state index in [9.17, 15) is 9.18 Å². The predicted octanol–water partition coefficient (Wildman–Crippen LogP) is 1.86. The lowest BCUT2D eigenvalue weighted by Crippen LogP contribution is -2.55. The van der Waals surface area contributed by atoms with Crippen molar-refractivity contribution in [3.05, 3.63) is 48.0 Å². The van der Waals surface area contributed by atoms with Crippen LogP contribution in [0.15, 0.2) is 36.7 Å². The van der Waals surface area contributed by atoms with Crippen LogP contribution in [-0.4, -0.2) is 77.4 Å². The molecule has 0 saturated carbocycles. The maximum Gasteiger partial charge on any atom is 0.248 e. The molecular formula is C21H27FN4O3. The highest BCUT2D eigenvalue weighted by Gasteiger charge is 2.33. The molecule has 3 heterocycles. The van der Waals surface area contributed by atoms with Gasteiger partial charge in [0, 0.05) is 31.9 Å². The van der Waals surface area contributed by atoms with E-state index in [0.717, 1.165) is 38.9 Å². The molecule has 1 atom stereocenters. The van der Waals surface area contributed by atoms with Crippen molar-refractivity contribution in [2.45, 2.75) is 31.4 Å². The second-order valence-electron chi connectivity index (χ2n) is 7.67. The molecule has 29 heavy (non-hydrogen) atoms. The first-order valence-corrected chi connectivity index (χ1v) is 10.2. The number of morpholine rings is 1. The quantitative estimate of drug-likeness (QED) is 0.766. The Bertz CT molecular complexity index is 776. The van der Waals surface area contributed by atoms with Gasteiger partial charge in [-0.15, -0.1) is 0 Å². The number of carbonyl (C=O) groups is 1. The summed E-state index contributed by atoms with van der Waals surface area (Å²) in [6.45, 7) is 3.97. The molecule has 2 aliphatic heterocycles. The van der Waals surface area contributed by atoms with Crippen molar-refractivity contribution >= 4 is 5.91 Å². The van der Waals surface area contributed by atoms with Gasteiger partial charge < -0.3 is 19.3 Å². The minimum Gasteiger partial charge on any atom is -0.491 e. The number of aromatic amines is 1. The minimum atomic E-state index is -0.292. The molecule has 2 aromatic rings. The summed E-state index contributed by atoms with van der Waals surface area (Å²) in [5.74, 6) is 0.364. The van der Waals surface area contributed by atoms with Crippen molar-refractivity contribution in [3.63, 3.8) is 0 Å². The molecule has 2 aliphatic rings. The fourth-order valence-electron chi connectivity index (χ4n) is 3.98. The third kappa shape index (κ3) is 5.33. The summed E-state index contributed by atoms with van der Waals surface area (Å²) in [6, 6.07) is 6.19. The Kier molecular flexibility index (Phi) is 6.41. The molecule has 1 amide bonds. The fourth-order valence-corrected chi connectivity index (χ4v) is 3.98. The molecule has 1 N–H and O–H groups in total. The largest absolute Gasteiger partial charge is 0.491 e. The van der Waals surface area contributed by atoms with E-state index >= 15 is 0 Å². The van der Waals surface area contributed by atoms with Gasteiger partial charge in [0.05, 0.1) is 12.7 Å². The first kappa shape index (κ1) is 19.8. The Hall–Kier alpha value is -2.45. The number of halogens is 1. The number of nitrogens with zero attached hydrogens (tertiary/aromatic N) is 3. The molecule has 1 aromatic carbocycles. The number of ether oxygens (including phenoxy) is 2. The molecule has 0 spiro atoms. The van der Waals surface area contributed by atoms with Gasteiger partial charge in [0.1, 0.15) is 30.9 Å². The summed E-state index contributed by atoms with van der Waals surface area (Å²) >= 11 is 0. The molecule has 2 fully saturated rings. The van der Waals surface area contributed by atoms with E-state index in [0.29, 0.717) is 18.9 Å². The van der Waals surface area contributed by atoms with E-state index in [4.69, 9.17) is 9.47 Å². The molecule has 2 saturated heterocycles. The fraction of sp³-hybridized carbons (Fsp3) is 0.524. The van der Waals surface area contributed by atoms with Crippen LogP contribution in [0.5, 0.6) is 5.75 Å². The summed E-state index contributed by atoms with van der Waals surface area (Å²) in [5.41, 5.74) is 1.22. The third-order valence-corrected chi connectivity index (χ3v) is 5.68. The zero-order valence-corrected chi connectivity index (χ0v) is 16.4. The number of hydrogen-bond acceptors (Lipinski definition) is 5. The number of nitrogens with one attached hydrogen (secondary N) is 1. The number of piperidine rings is 1. The van der Waals surface area contributed by atoms with Gasteiger partial charge in [0.2, 0.25) is 5.91 Å². The summed E-state index contributed by atoms with van der Waals surface area (Å²) in [4.78, 5) is 16.8. The zero-order chi connectivity index (χ0) is 20.1. The number of aromatic nitrogens is 2. The van der Waals surface area contributed by atoms with E-state index in [1.165, 1.54) is 17.7 Å². The molecule has 0 bridgehead atoms. The molecule has 0 radical (unpaired) electrons. The van der Waals surface area contributed by atoms with Crippen molar-refractivity contribution in [3.8, 4) is 5.75 Å². The number of H-pyrrole nitrogens is 1. The Labute approximate surface area is 169 Å². The number of benzene rings is 1. The normalized spacial score (nSPS) is 21.5. The summed E-state index contributed by atoms with van der Waals surface area (Å²) < 4.78 is 24.4.